The molecule has 0 amide bonds. The van der Waals surface area contributed by atoms with Crippen molar-refractivity contribution in [3.8, 4) is 0 Å². The zero-order valence-electron chi connectivity index (χ0n) is 9.16. The molecule has 1 aliphatic carbocycles. The Morgan fingerprint density at radius 3 is 2.38 bits per heavy atom. The van der Waals surface area contributed by atoms with Crippen molar-refractivity contribution in [2.45, 2.75) is 58.8 Å². The van der Waals surface area contributed by atoms with E-state index in [1.807, 2.05) is 0 Å². The monoisotopic (exact) mass is 178 g/mol. The van der Waals surface area contributed by atoms with Crippen LogP contribution >= 0.6 is 0 Å². The zero-order chi connectivity index (χ0) is 9.73. The molecule has 0 heterocycles. The lowest BCUT2D eigenvalue weighted by atomic mass is 9.71. The minimum absolute atomic E-state index is 0.564. The minimum atomic E-state index is 0.564. The third-order valence-corrected chi connectivity index (χ3v) is 3.38. The van der Waals surface area contributed by atoms with Gasteiger partial charge in [0.05, 0.1) is 0 Å². The Morgan fingerprint density at radius 2 is 1.92 bits per heavy atom. The Balaban J connectivity index is 2.54. The van der Waals surface area contributed by atoms with Crippen LogP contribution in [0.3, 0.4) is 0 Å². The molecule has 0 aromatic carbocycles. The van der Waals surface area contributed by atoms with E-state index in [9.17, 15) is 0 Å². The molecule has 0 heteroatoms. The lowest BCUT2D eigenvalue weighted by Gasteiger charge is -2.34. The van der Waals surface area contributed by atoms with Crippen molar-refractivity contribution in [3.63, 3.8) is 0 Å². The highest BCUT2D eigenvalue weighted by Gasteiger charge is 2.27. The van der Waals surface area contributed by atoms with Crippen molar-refractivity contribution in [1.82, 2.24) is 0 Å². The van der Waals surface area contributed by atoms with Crippen LogP contribution in [-0.2, 0) is 0 Å². The molecule has 1 saturated carbocycles. The van der Waals surface area contributed by atoms with Crippen LogP contribution < -0.4 is 0 Å². The van der Waals surface area contributed by atoms with E-state index in [2.05, 4.69) is 26.2 Å². The van der Waals surface area contributed by atoms with Gasteiger partial charge >= 0.3 is 0 Å². The Hall–Kier alpha value is -0.480. The van der Waals surface area contributed by atoms with E-state index in [0.717, 1.165) is 6.42 Å². The number of allylic oxidation sites excluding steroid dienone is 1. The first-order chi connectivity index (χ1) is 6.20. The summed E-state index contributed by atoms with van der Waals surface area (Å²) in [5.74, 6) is 0. The minimum Gasteiger partial charge on any atom is -0.130 e. The molecule has 0 nitrogen and oxygen atoms in total. The summed E-state index contributed by atoms with van der Waals surface area (Å²) in [6.45, 7) is 8.40. The van der Waals surface area contributed by atoms with Crippen LogP contribution in [-0.4, -0.2) is 0 Å². The lowest BCUT2D eigenvalue weighted by molar-refractivity contribution is 0.213. The van der Waals surface area contributed by atoms with Gasteiger partial charge in [0.1, 0.15) is 0 Å². The SMILES string of the molecule is C=C=C(CC)CC1(C)CCCCC1. The van der Waals surface area contributed by atoms with E-state index in [-0.39, 0.29) is 0 Å². The van der Waals surface area contributed by atoms with E-state index in [4.69, 9.17) is 0 Å². The first kappa shape index (κ1) is 10.6. The van der Waals surface area contributed by atoms with Gasteiger partial charge in [-0.15, -0.1) is 5.73 Å². The molecule has 0 atom stereocenters. The van der Waals surface area contributed by atoms with E-state index in [0.29, 0.717) is 5.41 Å². The summed E-state index contributed by atoms with van der Waals surface area (Å²) in [6.07, 6.45) is 9.44. The van der Waals surface area contributed by atoms with Crippen molar-refractivity contribution in [2.75, 3.05) is 0 Å². The fourth-order valence-corrected chi connectivity index (χ4v) is 2.41. The maximum Gasteiger partial charge on any atom is -0.0190 e. The average molecular weight is 178 g/mol. The number of rotatable bonds is 3. The largest absolute Gasteiger partial charge is 0.130 e. The van der Waals surface area contributed by atoms with Crippen LogP contribution in [0.1, 0.15) is 58.8 Å². The van der Waals surface area contributed by atoms with Crippen LogP contribution in [0.2, 0.25) is 0 Å². The Kier molecular flexibility index (Phi) is 3.81. The molecule has 1 rings (SSSR count). The zero-order valence-corrected chi connectivity index (χ0v) is 9.16. The summed E-state index contributed by atoms with van der Waals surface area (Å²) >= 11 is 0. The van der Waals surface area contributed by atoms with Crippen molar-refractivity contribution in [1.29, 1.82) is 0 Å². The fraction of sp³-hybridized carbons (Fsp3) is 0.769. The molecule has 0 spiro atoms. The smallest absolute Gasteiger partial charge is 0.0190 e. The molecule has 1 fully saturated rings. The molecule has 0 unspecified atom stereocenters. The normalized spacial score (nSPS) is 20.8. The van der Waals surface area contributed by atoms with Crippen LogP contribution in [0.15, 0.2) is 17.9 Å². The summed E-state index contributed by atoms with van der Waals surface area (Å²) in [7, 11) is 0. The molecule has 13 heavy (non-hydrogen) atoms. The molecule has 0 aromatic heterocycles. The first-order valence-corrected chi connectivity index (χ1v) is 5.58. The van der Waals surface area contributed by atoms with Crippen LogP contribution in [0, 0.1) is 5.41 Å². The van der Waals surface area contributed by atoms with Gasteiger partial charge in [0.25, 0.3) is 0 Å². The van der Waals surface area contributed by atoms with Gasteiger partial charge in [-0.1, -0.05) is 39.7 Å². The van der Waals surface area contributed by atoms with Crippen LogP contribution in [0.5, 0.6) is 0 Å². The Labute approximate surface area is 82.7 Å². The highest BCUT2D eigenvalue weighted by atomic mass is 14.3. The molecule has 1 aliphatic rings. The van der Waals surface area contributed by atoms with Gasteiger partial charge in [-0.2, -0.15) is 0 Å². The molecular weight excluding hydrogens is 156 g/mol. The topological polar surface area (TPSA) is 0 Å². The van der Waals surface area contributed by atoms with Crippen molar-refractivity contribution >= 4 is 0 Å². The second kappa shape index (κ2) is 4.67. The molecule has 0 radical (unpaired) electrons. The standard InChI is InChI=1S/C13H22/c1-4-12(5-2)11-13(3)9-7-6-8-10-13/h1,5-11H2,2-3H3. The number of hydrogen-bond donors (Lipinski definition) is 0. The summed E-state index contributed by atoms with van der Waals surface area (Å²) in [5.41, 5.74) is 5.08. The van der Waals surface area contributed by atoms with E-state index >= 15 is 0 Å². The van der Waals surface area contributed by atoms with Gasteiger partial charge in [0.15, 0.2) is 0 Å². The molecule has 0 N–H and O–H groups in total. The Morgan fingerprint density at radius 1 is 1.31 bits per heavy atom. The third-order valence-electron chi connectivity index (χ3n) is 3.38. The molecule has 0 aromatic rings. The molecule has 0 saturated heterocycles. The van der Waals surface area contributed by atoms with Gasteiger partial charge in [0, 0.05) is 0 Å². The van der Waals surface area contributed by atoms with E-state index < -0.39 is 0 Å². The summed E-state index contributed by atoms with van der Waals surface area (Å²) < 4.78 is 0. The second-order valence-electron chi connectivity index (χ2n) is 4.68. The number of hydrogen-bond acceptors (Lipinski definition) is 0. The van der Waals surface area contributed by atoms with Gasteiger partial charge in [-0.3, -0.25) is 0 Å². The summed E-state index contributed by atoms with van der Waals surface area (Å²) in [6, 6.07) is 0. The van der Waals surface area contributed by atoms with Crippen molar-refractivity contribution in [3.05, 3.63) is 17.9 Å². The van der Waals surface area contributed by atoms with Gasteiger partial charge in [-0.05, 0) is 36.7 Å². The first-order valence-electron chi connectivity index (χ1n) is 5.58. The second-order valence-corrected chi connectivity index (χ2v) is 4.68. The third kappa shape index (κ3) is 3.04. The quantitative estimate of drug-likeness (QED) is 0.559. The molecule has 0 bridgehead atoms. The van der Waals surface area contributed by atoms with Crippen molar-refractivity contribution in [2.24, 2.45) is 5.41 Å². The van der Waals surface area contributed by atoms with Gasteiger partial charge in [0.2, 0.25) is 0 Å². The van der Waals surface area contributed by atoms with Crippen molar-refractivity contribution < 1.29 is 0 Å². The molecule has 0 aliphatic heterocycles. The maximum absolute atomic E-state index is 3.77. The molecule has 74 valence electrons. The summed E-state index contributed by atoms with van der Waals surface area (Å²) in [4.78, 5) is 0. The van der Waals surface area contributed by atoms with Gasteiger partial charge in [-0.25, -0.2) is 0 Å². The van der Waals surface area contributed by atoms with E-state index in [1.54, 1.807) is 0 Å². The fourth-order valence-electron chi connectivity index (χ4n) is 2.41. The highest BCUT2D eigenvalue weighted by molar-refractivity contribution is 5.02. The maximum atomic E-state index is 3.77. The predicted octanol–water partition coefficient (Wildman–Crippen LogP) is 4.47. The van der Waals surface area contributed by atoms with E-state index in [1.165, 1.54) is 44.1 Å². The summed E-state index contributed by atoms with van der Waals surface area (Å²) in [5, 5.41) is 0. The molecular formula is C13H22. The van der Waals surface area contributed by atoms with Gasteiger partial charge < -0.3 is 0 Å². The van der Waals surface area contributed by atoms with Crippen LogP contribution in [0.25, 0.3) is 0 Å². The van der Waals surface area contributed by atoms with Crippen LogP contribution in [0.4, 0.5) is 0 Å². The lowest BCUT2D eigenvalue weighted by Crippen LogP contribution is -2.20. The Bertz CT molecular complexity index is 200. The predicted molar refractivity (Wildman–Crippen MR) is 58.8 cm³/mol. The average Bonchev–Trinajstić information content (AvgIpc) is 2.15. The highest BCUT2D eigenvalue weighted by Crippen LogP contribution is 2.40.